The van der Waals surface area contributed by atoms with Gasteiger partial charge in [0.2, 0.25) is 5.82 Å². The van der Waals surface area contributed by atoms with Crippen LogP contribution in [0.25, 0.3) is 33.5 Å². The van der Waals surface area contributed by atoms with E-state index < -0.39 is 12.1 Å². The number of para-hydroxylation sites is 1. The fraction of sp³-hybridized carbons (Fsp3) is 0.172. The summed E-state index contributed by atoms with van der Waals surface area (Å²) in [7, 11) is 1.48. The molecule has 0 saturated heterocycles. The molecule has 2 aromatic heterocycles. The third kappa shape index (κ3) is 5.45. The average Bonchev–Trinajstić information content (AvgIpc) is 3.36. The van der Waals surface area contributed by atoms with E-state index in [1.807, 2.05) is 0 Å². The van der Waals surface area contributed by atoms with Gasteiger partial charge in [0.25, 0.3) is 5.56 Å². The van der Waals surface area contributed by atoms with E-state index in [0.717, 1.165) is 5.39 Å². The molecule has 0 spiro atoms. The van der Waals surface area contributed by atoms with Crippen molar-refractivity contribution in [2.75, 3.05) is 13.7 Å². The molecule has 1 atom stereocenters. The number of rotatable bonds is 8. The molecule has 3 aromatic carbocycles. The number of aromatic nitrogens is 2. The molecule has 0 N–H and O–H groups in total. The third-order valence-electron chi connectivity index (χ3n) is 5.97. The fourth-order valence-corrected chi connectivity index (χ4v) is 4.64. The summed E-state index contributed by atoms with van der Waals surface area (Å²) in [6.07, 6.45) is 0.648. The number of fused-ring (bicyclic) bond motifs is 2. The molecule has 40 heavy (non-hydrogen) atoms. The maximum atomic E-state index is 13.6. The first kappa shape index (κ1) is 27.4. The van der Waals surface area contributed by atoms with Gasteiger partial charge in [0.15, 0.2) is 23.4 Å². The lowest BCUT2D eigenvalue weighted by atomic mass is 10.2. The van der Waals surface area contributed by atoms with Gasteiger partial charge < -0.3 is 18.6 Å². The molecule has 5 rings (SSSR count). The monoisotopic (exact) mass is 623 g/mol. The van der Waals surface area contributed by atoms with Crippen molar-refractivity contribution in [3.63, 3.8) is 0 Å². The van der Waals surface area contributed by atoms with E-state index in [-0.39, 0.29) is 18.0 Å². The highest BCUT2D eigenvalue weighted by molar-refractivity contribution is 9.10. The molecule has 0 unspecified atom stereocenters. The van der Waals surface area contributed by atoms with Gasteiger partial charge >= 0.3 is 5.97 Å². The summed E-state index contributed by atoms with van der Waals surface area (Å²) in [5.41, 5.74) is 1.31. The number of furan rings is 1. The van der Waals surface area contributed by atoms with Crippen molar-refractivity contribution in [1.82, 2.24) is 9.66 Å². The van der Waals surface area contributed by atoms with Gasteiger partial charge in [0, 0.05) is 20.4 Å². The van der Waals surface area contributed by atoms with Gasteiger partial charge in [0.05, 0.1) is 30.8 Å². The van der Waals surface area contributed by atoms with E-state index >= 15 is 0 Å². The molecule has 0 aliphatic rings. The summed E-state index contributed by atoms with van der Waals surface area (Å²) in [6.45, 7) is 3.56. The third-order valence-corrected chi connectivity index (χ3v) is 6.89. The Labute approximate surface area is 242 Å². The molecule has 0 amide bonds. The van der Waals surface area contributed by atoms with Crippen LogP contribution >= 0.6 is 27.5 Å². The van der Waals surface area contributed by atoms with E-state index in [1.54, 1.807) is 74.5 Å². The minimum absolute atomic E-state index is 0.221. The van der Waals surface area contributed by atoms with Crippen molar-refractivity contribution in [1.29, 1.82) is 0 Å². The minimum atomic E-state index is -0.844. The lowest BCUT2D eigenvalue weighted by Crippen LogP contribution is -2.26. The Morgan fingerprint density at radius 3 is 2.75 bits per heavy atom. The average molecular weight is 625 g/mol. The zero-order valence-electron chi connectivity index (χ0n) is 21.7. The molecular weight excluding hydrogens is 602 g/mol. The molecule has 0 aliphatic carbocycles. The van der Waals surface area contributed by atoms with Crippen LogP contribution in [0.1, 0.15) is 19.4 Å². The topological polar surface area (TPSA) is 105 Å². The lowest BCUT2D eigenvalue weighted by Gasteiger charge is -2.16. The maximum absolute atomic E-state index is 13.6. The van der Waals surface area contributed by atoms with Gasteiger partial charge in [-0.1, -0.05) is 23.7 Å². The van der Waals surface area contributed by atoms with Gasteiger partial charge in [-0.2, -0.15) is 9.78 Å². The van der Waals surface area contributed by atoms with Crippen LogP contribution in [0, 0.1) is 0 Å². The number of benzene rings is 3. The van der Waals surface area contributed by atoms with Crippen LogP contribution in [-0.2, 0) is 9.53 Å². The molecule has 2 heterocycles. The first-order valence-corrected chi connectivity index (χ1v) is 13.4. The second kappa shape index (κ2) is 11.5. The molecule has 0 saturated carbocycles. The second-order valence-corrected chi connectivity index (χ2v) is 9.93. The Morgan fingerprint density at radius 2 is 1.98 bits per heavy atom. The number of nitrogens with zero attached hydrogens (tertiary/aromatic N) is 3. The quantitative estimate of drug-likeness (QED) is 0.144. The van der Waals surface area contributed by atoms with Crippen molar-refractivity contribution in [3.8, 4) is 23.1 Å². The summed E-state index contributed by atoms with van der Waals surface area (Å²) in [5, 5.41) is 6.22. The van der Waals surface area contributed by atoms with Crippen molar-refractivity contribution in [2.24, 2.45) is 5.10 Å². The van der Waals surface area contributed by atoms with Crippen LogP contribution in [0.5, 0.6) is 11.5 Å². The van der Waals surface area contributed by atoms with Crippen LogP contribution in [0.3, 0.4) is 0 Å². The highest BCUT2D eigenvalue weighted by atomic mass is 79.9. The van der Waals surface area contributed by atoms with Crippen LogP contribution < -0.4 is 15.0 Å². The number of halogens is 2. The van der Waals surface area contributed by atoms with Crippen LogP contribution in [-0.4, -0.2) is 41.7 Å². The Balaban J connectivity index is 1.58. The van der Waals surface area contributed by atoms with E-state index in [9.17, 15) is 9.59 Å². The number of esters is 1. The van der Waals surface area contributed by atoms with Crippen LogP contribution in [0.2, 0.25) is 5.02 Å². The van der Waals surface area contributed by atoms with Crippen molar-refractivity contribution < 1.29 is 23.4 Å². The predicted molar refractivity (Wildman–Crippen MR) is 157 cm³/mol. The normalized spacial score (nSPS) is 12.2. The minimum Gasteiger partial charge on any atom is -0.493 e. The fourth-order valence-electron chi connectivity index (χ4n) is 4.03. The van der Waals surface area contributed by atoms with E-state index in [0.29, 0.717) is 48.8 Å². The second-order valence-electron chi connectivity index (χ2n) is 8.64. The Hall–Kier alpha value is -4.15. The Bertz CT molecular complexity index is 1830. The van der Waals surface area contributed by atoms with Gasteiger partial charge in [-0.05, 0) is 78.3 Å². The van der Waals surface area contributed by atoms with Gasteiger partial charge in [-0.3, -0.25) is 4.79 Å². The van der Waals surface area contributed by atoms with Crippen LogP contribution in [0.15, 0.2) is 79.4 Å². The van der Waals surface area contributed by atoms with E-state index in [1.165, 1.54) is 18.0 Å². The lowest BCUT2D eigenvalue weighted by molar-refractivity contribution is -0.150. The summed E-state index contributed by atoms with van der Waals surface area (Å²) in [6, 6.07) is 17.3. The van der Waals surface area contributed by atoms with E-state index in [2.05, 4.69) is 21.0 Å². The molecule has 0 fully saturated rings. The predicted octanol–water partition coefficient (Wildman–Crippen LogP) is 6.45. The molecule has 204 valence electrons. The zero-order chi connectivity index (χ0) is 28.4. The Morgan fingerprint density at radius 1 is 1.18 bits per heavy atom. The molecule has 9 nitrogen and oxygen atoms in total. The first-order valence-electron chi connectivity index (χ1n) is 12.3. The van der Waals surface area contributed by atoms with Gasteiger partial charge in [-0.25, -0.2) is 9.78 Å². The zero-order valence-corrected chi connectivity index (χ0v) is 24.0. The molecule has 11 heteroatoms. The summed E-state index contributed by atoms with van der Waals surface area (Å²) < 4.78 is 24.1. The molecular formula is C29H23BrClN3O6. The number of hydrogen-bond donors (Lipinski definition) is 0. The number of carbonyl (C=O) groups is 1. The molecule has 0 bridgehead atoms. The van der Waals surface area contributed by atoms with Crippen molar-refractivity contribution in [3.05, 3.63) is 86.1 Å². The SMILES string of the molecule is CCOC(=O)[C@@H](C)Oc1cc(Br)c(C=Nn2c(-c3cc4cc(Cl)ccc4o3)nc3ccccc3c2=O)cc1OC. The van der Waals surface area contributed by atoms with Crippen molar-refractivity contribution >= 4 is 61.6 Å². The molecule has 5 aromatic rings. The number of carbonyl (C=O) groups excluding carboxylic acids is 1. The summed E-state index contributed by atoms with van der Waals surface area (Å²) in [4.78, 5) is 30.3. The molecule has 0 radical (unpaired) electrons. The standard InChI is InChI=1S/C29H23BrClN3O6/c1-4-38-29(36)16(2)39-25-14-21(30)18(13-24(25)37-3)15-32-34-27(33-22-8-6-5-7-20(22)28(34)35)26-12-17-11-19(31)9-10-23(17)40-26/h5-16H,4H2,1-3H3/t16-/m1/s1. The molecule has 0 aliphatic heterocycles. The maximum Gasteiger partial charge on any atom is 0.347 e. The Kier molecular flexibility index (Phi) is 7.90. The number of hydrogen-bond acceptors (Lipinski definition) is 8. The number of ether oxygens (including phenoxy) is 3. The van der Waals surface area contributed by atoms with E-state index in [4.69, 9.17) is 35.2 Å². The highest BCUT2D eigenvalue weighted by Gasteiger charge is 2.20. The van der Waals surface area contributed by atoms with Gasteiger partial charge in [0.1, 0.15) is 5.58 Å². The smallest absolute Gasteiger partial charge is 0.347 e. The van der Waals surface area contributed by atoms with Crippen molar-refractivity contribution in [2.45, 2.75) is 20.0 Å². The van der Waals surface area contributed by atoms with Gasteiger partial charge in [-0.15, -0.1) is 0 Å². The van der Waals surface area contributed by atoms with Crippen LogP contribution in [0.4, 0.5) is 0 Å². The highest BCUT2D eigenvalue weighted by Crippen LogP contribution is 2.34. The number of methoxy groups -OCH3 is 1. The first-order chi connectivity index (χ1) is 19.3. The summed E-state index contributed by atoms with van der Waals surface area (Å²) in [5.74, 6) is 0.775. The largest absolute Gasteiger partial charge is 0.493 e. The summed E-state index contributed by atoms with van der Waals surface area (Å²) >= 11 is 9.67.